The van der Waals surface area contributed by atoms with Gasteiger partial charge in [0.2, 0.25) is 5.91 Å². The third-order valence-electron chi connectivity index (χ3n) is 5.13. The number of amides is 3. The summed E-state index contributed by atoms with van der Waals surface area (Å²) in [5.41, 5.74) is 0.822. The van der Waals surface area contributed by atoms with Crippen LogP contribution in [0.25, 0.3) is 0 Å². The van der Waals surface area contributed by atoms with Crippen LogP contribution in [0.15, 0.2) is 30.3 Å². The average Bonchev–Trinajstić information content (AvgIpc) is 2.62. The minimum absolute atomic E-state index is 0.00317. The van der Waals surface area contributed by atoms with Gasteiger partial charge in [0.15, 0.2) is 0 Å². The molecule has 1 atom stereocenters. The van der Waals surface area contributed by atoms with Crippen LogP contribution in [0.3, 0.4) is 0 Å². The largest absolute Gasteiger partial charge is 0.335 e. The van der Waals surface area contributed by atoms with Crippen LogP contribution in [0.5, 0.6) is 0 Å². The Morgan fingerprint density at radius 3 is 2.37 bits per heavy atom. The van der Waals surface area contributed by atoms with Gasteiger partial charge in [-0.3, -0.25) is 9.69 Å². The van der Waals surface area contributed by atoms with Gasteiger partial charge in [0.25, 0.3) is 0 Å². The number of hydrogen-bond donors (Lipinski definition) is 2. The highest BCUT2D eigenvalue weighted by atomic mass is 16.2. The SMILES string of the molecule is CC(C)CC(C)N(C)C(=O)NC1CCN(CC(=O)Nc2ccccc2)CC1. The number of likely N-dealkylation sites (tertiary alicyclic amines) is 1. The summed E-state index contributed by atoms with van der Waals surface area (Å²) in [6, 6.07) is 9.92. The summed E-state index contributed by atoms with van der Waals surface area (Å²) in [7, 11) is 1.87. The van der Waals surface area contributed by atoms with Gasteiger partial charge in [-0.15, -0.1) is 0 Å². The van der Waals surface area contributed by atoms with E-state index in [1.54, 1.807) is 4.90 Å². The number of rotatable bonds is 7. The van der Waals surface area contributed by atoms with Crippen molar-refractivity contribution in [2.24, 2.45) is 5.92 Å². The molecule has 1 aliphatic heterocycles. The van der Waals surface area contributed by atoms with Gasteiger partial charge in [0, 0.05) is 37.9 Å². The van der Waals surface area contributed by atoms with E-state index in [1.807, 2.05) is 37.4 Å². The smallest absolute Gasteiger partial charge is 0.317 e. The molecule has 0 radical (unpaired) electrons. The summed E-state index contributed by atoms with van der Waals surface area (Å²) < 4.78 is 0. The Balaban J connectivity index is 1.70. The molecule has 0 bridgehead atoms. The second-order valence-electron chi connectivity index (χ2n) is 8.00. The number of para-hydroxylation sites is 1. The van der Waals surface area contributed by atoms with Crippen molar-refractivity contribution >= 4 is 17.6 Å². The zero-order chi connectivity index (χ0) is 19.8. The lowest BCUT2D eigenvalue weighted by atomic mass is 10.0. The molecule has 1 fully saturated rings. The van der Waals surface area contributed by atoms with E-state index in [1.165, 1.54) is 0 Å². The summed E-state index contributed by atoms with van der Waals surface area (Å²) in [5.74, 6) is 0.575. The molecule has 150 valence electrons. The fraction of sp³-hybridized carbons (Fsp3) is 0.619. The van der Waals surface area contributed by atoms with Gasteiger partial charge < -0.3 is 15.5 Å². The molecule has 0 aromatic heterocycles. The molecule has 1 unspecified atom stereocenters. The number of nitrogens with zero attached hydrogens (tertiary/aromatic N) is 2. The summed E-state index contributed by atoms with van der Waals surface area (Å²) in [4.78, 5) is 28.5. The molecule has 6 heteroatoms. The molecule has 1 aliphatic rings. The quantitative estimate of drug-likeness (QED) is 0.770. The highest BCUT2D eigenvalue weighted by Crippen LogP contribution is 2.13. The maximum atomic E-state index is 12.4. The summed E-state index contributed by atoms with van der Waals surface area (Å²) in [6.07, 6.45) is 2.74. The van der Waals surface area contributed by atoms with Crippen LogP contribution in [0.2, 0.25) is 0 Å². The molecule has 0 spiro atoms. The van der Waals surface area contributed by atoms with Gasteiger partial charge >= 0.3 is 6.03 Å². The first-order chi connectivity index (χ1) is 12.8. The van der Waals surface area contributed by atoms with E-state index >= 15 is 0 Å². The third kappa shape index (κ3) is 7.21. The number of carbonyl (C=O) groups excluding carboxylic acids is 2. The average molecular weight is 375 g/mol. The number of nitrogens with one attached hydrogen (secondary N) is 2. The molecule has 0 saturated carbocycles. The molecule has 3 amide bonds. The van der Waals surface area contributed by atoms with Crippen molar-refractivity contribution in [3.05, 3.63) is 30.3 Å². The van der Waals surface area contributed by atoms with Crippen LogP contribution in [-0.4, -0.2) is 60.5 Å². The van der Waals surface area contributed by atoms with E-state index < -0.39 is 0 Å². The van der Waals surface area contributed by atoms with Gasteiger partial charge in [-0.25, -0.2) is 4.79 Å². The minimum atomic E-state index is 0.00317. The van der Waals surface area contributed by atoms with Crippen molar-refractivity contribution in [1.82, 2.24) is 15.1 Å². The molecule has 27 heavy (non-hydrogen) atoms. The van der Waals surface area contributed by atoms with E-state index in [-0.39, 0.29) is 24.0 Å². The van der Waals surface area contributed by atoms with Gasteiger partial charge in [0.1, 0.15) is 0 Å². The lowest BCUT2D eigenvalue weighted by Gasteiger charge is -2.34. The number of piperidine rings is 1. The molecule has 0 aliphatic carbocycles. The molecule has 2 rings (SSSR count). The van der Waals surface area contributed by atoms with Crippen LogP contribution in [0, 0.1) is 5.92 Å². The number of hydrogen-bond acceptors (Lipinski definition) is 3. The highest BCUT2D eigenvalue weighted by molar-refractivity contribution is 5.92. The number of benzene rings is 1. The summed E-state index contributed by atoms with van der Waals surface area (Å²) in [5, 5.41) is 6.06. The lowest BCUT2D eigenvalue weighted by Crippen LogP contribution is -2.51. The van der Waals surface area contributed by atoms with Crippen molar-refractivity contribution < 1.29 is 9.59 Å². The molecule has 1 aromatic carbocycles. The first-order valence-corrected chi connectivity index (χ1v) is 9.95. The van der Waals surface area contributed by atoms with Crippen LogP contribution in [0.1, 0.15) is 40.0 Å². The van der Waals surface area contributed by atoms with Crippen molar-refractivity contribution in [1.29, 1.82) is 0 Å². The predicted octanol–water partition coefficient (Wildman–Crippen LogP) is 3.17. The van der Waals surface area contributed by atoms with Gasteiger partial charge in [0.05, 0.1) is 6.54 Å². The van der Waals surface area contributed by atoms with Crippen LogP contribution in [0.4, 0.5) is 10.5 Å². The van der Waals surface area contributed by atoms with Crippen LogP contribution >= 0.6 is 0 Å². The van der Waals surface area contributed by atoms with E-state index in [0.717, 1.165) is 38.0 Å². The molecule has 1 saturated heterocycles. The first-order valence-electron chi connectivity index (χ1n) is 9.95. The first kappa shape index (κ1) is 21.2. The maximum absolute atomic E-state index is 12.4. The summed E-state index contributed by atoms with van der Waals surface area (Å²) >= 11 is 0. The monoisotopic (exact) mass is 374 g/mol. The van der Waals surface area contributed by atoms with Crippen LogP contribution < -0.4 is 10.6 Å². The molecule has 2 N–H and O–H groups in total. The fourth-order valence-corrected chi connectivity index (χ4v) is 3.48. The number of urea groups is 1. The Morgan fingerprint density at radius 1 is 1.15 bits per heavy atom. The van der Waals surface area contributed by atoms with E-state index in [0.29, 0.717) is 12.5 Å². The number of anilines is 1. The Labute approximate surface area is 163 Å². The molecule has 1 heterocycles. The number of carbonyl (C=O) groups is 2. The predicted molar refractivity (Wildman–Crippen MR) is 110 cm³/mol. The molecular weight excluding hydrogens is 340 g/mol. The third-order valence-corrected chi connectivity index (χ3v) is 5.13. The fourth-order valence-electron chi connectivity index (χ4n) is 3.48. The van der Waals surface area contributed by atoms with Crippen LogP contribution in [-0.2, 0) is 4.79 Å². The molecule has 6 nitrogen and oxygen atoms in total. The lowest BCUT2D eigenvalue weighted by molar-refractivity contribution is -0.117. The van der Waals surface area contributed by atoms with E-state index in [9.17, 15) is 9.59 Å². The zero-order valence-corrected chi connectivity index (χ0v) is 17.1. The van der Waals surface area contributed by atoms with Gasteiger partial charge in [-0.05, 0) is 44.2 Å². The topological polar surface area (TPSA) is 64.7 Å². The Bertz CT molecular complexity index is 597. The Kier molecular flexibility index (Phi) is 8.10. The zero-order valence-electron chi connectivity index (χ0n) is 17.1. The van der Waals surface area contributed by atoms with Crippen molar-refractivity contribution in [2.75, 3.05) is 32.0 Å². The standard InChI is InChI=1S/C21H34N4O2/c1-16(2)14-17(3)24(4)21(27)23-19-10-12-25(13-11-19)15-20(26)22-18-8-6-5-7-9-18/h5-9,16-17,19H,10-15H2,1-4H3,(H,22,26)(H,23,27). The second-order valence-corrected chi connectivity index (χ2v) is 8.00. The van der Waals surface area contributed by atoms with Gasteiger partial charge in [-0.1, -0.05) is 32.0 Å². The van der Waals surface area contributed by atoms with Crippen molar-refractivity contribution in [3.8, 4) is 0 Å². The summed E-state index contributed by atoms with van der Waals surface area (Å²) in [6.45, 7) is 8.46. The second kappa shape index (κ2) is 10.3. The van der Waals surface area contributed by atoms with Gasteiger partial charge in [-0.2, -0.15) is 0 Å². The maximum Gasteiger partial charge on any atom is 0.317 e. The normalized spacial score (nSPS) is 16.8. The van der Waals surface area contributed by atoms with E-state index in [2.05, 4.69) is 36.3 Å². The highest BCUT2D eigenvalue weighted by Gasteiger charge is 2.24. The Morgan fingerprint density at radius 2 is 1.78 bits per heavy atom. The van der Waals surface area contributed by atoms with E-state index in [4.69, 9.17) is 0 Å². The van der Waals surface area contributed by atoms with Crippen molar-refractivity contribution in [3.63, 3.8) is 0 Å². The Hall–Kier alpha value is -2.08. The molecular formula is C21H34N4O2. The molecule has 1 aromatic rings. The van der Waals surface area contributed by atoms with Crippen molar-refractivity contribution in [2.45, 2.75) is 52.1 Å². The minimum Gasteiger partial charge on any atom is -0.335 e.